The van der Waals surface area contributed by atoms with Crippen LogP contribution in [-0.2, 0) is 7.05 Å². The van der Waals surface area contributed by atoms with E-state index in [2.05, 4.69) is 5.10 Å². The maximum absolute atomic E-state index is 7.49. The summed E-state index contributed by atoms with van der Waals surface area (Å²) in [6.07, 6.45) is 1.60. The van der Waals surface area contributed by atoms with Gasteiger partial charge in [-0.05, 0) is 24.2 Å². The number of benzene rings is 1. The molecule has 1 aromatic carbocycles. The highest BCUT2D eigenvalue weighted by Gasteiger charge is 2.01. The highest BCUT2D eigenvalue weighted by Crippen LogP contribution is 2.17. The van der Waals surface area contributed by atoms with Crippen molar-refractivity contribution in [2.24, 2.45) is 7.05 Å². The summed E-state index contributed by atoms with van der Waals surface area (Å²) in [5, 5.41) is 5.11. The zero-order valence-electron chi connectivity index (χ0n) is 8.64. The lowest BCUT2D eigenvalue weighted by Gasteiger charge is -1.89. The van der Waals surface area contributed by atoms with Crippen molar-refractivity contribution in [1.82, 2.24) is 9.78 Å². The minimum atomic E-state index is 0. The number of anilines is 1. The molecular weight excluding hydrogens is 214 g/mol. The first-order chi connectivity index (χ1) is 6.70. The fourth-order valence-corrected chi connectivity index (χ4v) is 1.24. The van der Waals surface area contributed by atoms with Gasteiger partial charge in [0.05, 0.1) is 5.52 Å². The van der Waals surface area contributed by atoms with E-state index in [-0.39, 0.29) is 6.90 Å². The Kier molecular flexibility index (Phi) is 5.76. The Labute approximate surface area is 93.9 Å². The quantitative estimate of drug-likeness (QED) is 0.670. The van der Waals surface area contributed by atoms with E-state index in [0.29, 0.717) is 5.82 Å². The van der Waals surface area contributed by atoms with Crippen LogP contribution >= 0.6 is 12.0 Å². The summed E-state index contributed by atoms with van der Waals surface area (Å²) in [4.78, 5) is 0. The summed E-state index contributed by atoms with van der Waals surface area (Å²) in [5.74, 6) is 0.600. The number of rotatable bonds is 0. The molecular formula is C9H17N3O2S. The second kappa shape index (κ2) is 6.28. The third-order valence-electron chi connectivity index (χ3n) is 1.79. The number of nitrogen functional groups attached to an aromatic ring is 1. The molecule has 0 saturated carbocycles. The van der Waals surface area contributed by atoms with Gasteiger partial charge in [-0.3, -0.25) is 4.68 Å². The Morgan fingerprint density at radius 1 is 1.47 bits per heavy atom. The molecule has 0 saturated heterocycles. The number of aryl methyl sites for hydroxylation is 1. The molecule has 0 amide bonds. The molecule has 1 heterocycles. The Bertz CT molecular complexity index is 386. The molecule has 5 nitrogen and oxygen atoms in total. The Morgan fingerprint density at radius 3 is 2.53 bits per heavy atom. The van der Waals surface area contributed by atoms with E-state index in [4.69, 9.17) is 10.3 Å². The molecule has 6 heteroatoms. The topological polar surface area (TPSA) is 95.6 Å². The molecule has 0 atom stereocenters. The SMILES string of the molecule is CSO.Cn1nc(N)c2ccccc21.O.[HH]. The molecule has 0 bridgehead atoms. The van der Waals surface area contributed by atoms with Gasteiger partial charge in [0, 0.05) is 20.1 Å². The van der Waals surface area contributed by atoms with Gasteiger partial charge < -0.3 is 15.8 Å². The Balaban J connectivity index is 0. The van der Waals surface area contributed by atoms with Crippen LogP contribution in [0.5, 0.6) is 0 Å². The molecule has 2 aromatic rings. The van der Waals surface area contributed by atoms with Crippen LogP contribution in [0.4, 0.5) is 5.82 Å². The maximum Gasteiger partial charge on any atom is 0.153 e. The van der Waals surface area contributed by atoms with Gasteiger partial charge >= 0.3 is 0 Å². The number of aromatic nitrogens is 2. The summed E-state index contributed by atoms with van der Waals surface area (Å²) >= 11 is 0.750. The minimum absolute atomic E-state index is 0. The van der Waals surface area contributed by atoms with Crippen molar-refractivity contribution in [2.45, 2.75) is 0 Å². The van der Waals surface area contributed by atoms with Gasteiger partial charge in [0.1, 0.15) is 0 Å². The lowest BCUT2D eigenvalue weighted by Crippen LogP contribution is -1.90. The van der Waals surface area contributed by atoms with Crippen molar-refractivity contribution < 1.29 is 11.5 Å². The van der Waals surface area contributed by atoms with Crippen molar-refractivity contribution >= 4 is 28.8 Å². The predicted octanol–water partition coefficient (Wildman–Crippen LogP) is 1.40. The van der Waals surface area contributed by atoms with E-state index in [9.17, 15) is 0 Å². The molecule has 86 valence electrons. The van der Waals surface area contributed by atoms with E-state index in [1.165, 1.54) is 0 Å². The maximum atomic E-state index is 7.49. The molecule has 0 aliphatic heterocycles. The first-order valence-electron chi connectivity index (χ1n) is 4.05. The van der Waals surface area contributed by atoms with Crippen LogP contribution in [0.25, 0.3) is 10.9 Å². The average molecular weight is 231 g/mol. The summed E-state index contributed by atoms with van der Waals surface area (Å²) in [7, 11) is 1.89. The number of para-hydroxylation sites is 1. The summed E-state index contributed by atoms with van der Waals surface area (Å²) in [5.41, 5.74) is 6.72. The highest BCUT2D eigenvalue weighted by molar-refractivity contribution is 7.93. The Hall–Kier alpha value is -1.24. The molecule has 0 aliphatic rings. The molecule has 0 radical (unpaired) electrons. The van der Waals surface area contributed by atoms with Crippen molar-refractivity contribution in [2.75, 3.05) is 12.0 Å². The second-order valence-corrected chi connectivity index (χ2v) is 3.07. The fourth-order valence-electron chi connectivity index (χ4n) is 1.24. The fraction of sp³-hybridized carbons (Fsp3) is 0.222. The van der Waals surface area contributed by atoms with E-state index in [0.717, 1.165) is 22.9 Å². The smallest absolute Gasteiger partial charge is 0.153 e. The normalized spacial score (nSPS) is 9.00. The van der Waals surface area contributed by atoms with Gasteiger partial charge in [0.15, 0.2) is 5.82 Å². The van der Waals surface area contributed by atoms with Gasteiger partial charge in [-0.15, -0.1) is 0 Å². The summed E-state index contributed by atoms with van der Waals surface area (Å²) in [6.45, 7) is 0. The van der Waals surface area contributed by atoms with Crippen LogP contribution in [0.1, 0.15) is 1.43 Å². The summed E-state index contributed by atoms with van der Waals surface area (Å²) in [6, 6.07) is 7.90. The lowest BCUT2D eigenvalue weighted by molar-refractivity contribution is 0.669. The molecule has 2 rings (SSSR count). The first kappa shape index (κ1) is 13.8. The average Bonchev–Trinajstić information content (AvgIpc) is 2.45. The van der Waals surface area contributed by atoms with Crippen LogP contribution in [0.3, 0.4) is 0 Å². The largest absolute Gasteiger partial charge is 0.412 e. The number of nitrogens with two attached hydrogens (primary N) is 1. The summed E-state index contributed by atoms with van der Waals surface area (Å²) < 4.78 is 9.27. The van der Waals surface area contributed by atoms with Crippen LogP contribution in [0.2, 0.25) is 0 Å². The number of hydrogen-bond acceptors (Lipinski definition) is 4. The molecule has 5 N–H and O–H groups in total. The lowest BCUT2D eigenvalue weighted by atomic mass is 10.2. The molecule has 1 aromatic heterocycles. The van der Waals surface area contributed by atoms with Crippen LogP contribution in [0.15, 0.2) is 24.3 Å². The molecule has 0 spiro atoms. The van der Waals surface area contributed by atoms with E-state index in [1.807, 2.05) is 31.3 Å². The van der Waals surface area contributed by atoms with Crippen molar-refractivity contribution in [3.8, 4) is 0 Å². The van der Waals surface area contributed by atoms with E-state index in [1.54, 1.807) is 10.9 Å². The van der Waals surface area contributed by atoms with Gasteiger partial charge in [0.2, 0.25) is 0 Å². The van der Waals surface area contributed by atoms with E-state index >= 15 is 0 Å². The number of fused-ring (bicyclic) bond motifs is 1. The number of hydrogen-bond donors (Lipinski definition) is 2. The first-order valence-corrected chi connectivity index (χ1v) is 5.23. The van der Waals surface area contributed by atoms with Crippen molar-refractivity contribution in [3.63, 3.8) is 0 Å². The molecule has 15 heavy (non-hydrogen) atoms. The number of nitrogens with zero attached hydrogens (tertiary/aromatic N) is 2. The molecule has 0 aliphatic carbocycles. The third kappa shape index (κ3) is 3.12. The standard InChI is InChI=1S/C8H9N3.CH4OS.H2O.H2/c1-11-7-5-3-2-4-6(7)8(9)10-11;1-3-2;;/h2-5H,1H3,(H2,9,10);2H,1H3;1H2;1H. The predicted molar refractivity (Wildman–Crippen MR) is 67.0 cm³/mol. The molecule has 0 unspecified atom stereocenters. The van der Waals surface area contributed by atoms with Crippen molar-refractivity contribution in [3.05, 3.63) is 24.3 Å². The zero-order valence-corrected chi connectivity index (χ0v) is 9.45. The minimum Gasteiger partial charge on any atom is -0.412 e. The Morgan fingerprint density at radius 2 is 2.00 bits per heavy atom. The van der Waals surface area contributed by atoms with Gasteiger partial charge in [-0.1, -0.05) is 12.1 Å². The van der Waals surface area contributed by atoms with Gasteiger partial charge in [-0.2, -0.15) is 5.10 Å². The molecule has 0 fully saturated rings. The van der Waals surface area contributed by atoms with Crippen LogP contribution in [0, 0.1) is 0 Å². The third-order valence-corrected chi connectivity index (χ3v) is 1.79. The van der Waals surface area contributed by atoms with Crippen LogP contribution in [-0.4, -0.2) is 26.1 Å². The van der Waals surface area contributed by atoms with Crippen molar-refractivity contribution in [1.29, 1.82) is 0 Å². The van der Waals surface area contributed by atoms with E-state index < -0.39 is 0 Å². The highest BCUT2D eigenvalue weighted by atomic mass is 32.2. The zero-order chi connectivity index (χ0) is 10.6. The second-order valence-electron chi connectivity index (χ2n) is 2.71. The van der Waals surface area contributed by atoms with Gasteiger partial charge in [-0.25, -0.2) is 0 Å². The monoisotopic (exact) mass is 231 g/mol. The van der Waals surface area contributed by atoms with Gasteiger partial charge in [0.25, 0.3) is 0 Å². The van der Waals surface area contributed by atoms with Crippen LogP contribution < -0.4 is 5.73 Å².